The lowest BCUT2D eigenvalue weighted by molar-refractivity contribution is -0.140. The van der Waals surface area contributed by atoms with Gasteiger partial charge in [-0.25, -0.2) is 0 Å². The second-order valence-corrected chi connectivity index (χ2v) is 8.36. The fraction of sp³-hybridized carbons (Fsp3) is 0.909. The van der Waals surface area contributed by atoms with Gasteiger partial charge in [0.15, 0.2) is 0 Å². The molecule has 0 amide bonds. The maximum Gasteiger partial charge on any atom is 0.305 e. The zero-order chi connectivity index (χ0) is 18.8. The molecule has 1 N–H and O–H groups in total. The summed E-state index contributed by atoms with van der Waals surface area (Å²) in [5.41, 5.74) is 0. The van der Waals surface area contributed by atoms with Crippen molar-refractivity contribution in [1.82, 2.24) is 5.32 Å². The van der Waals surface area contributed by atoms with Crippen LogP contribution in [-0.4, -0.2) is 31.4 Å². The van der Waals surface area contributed by atoms with E-state index in [0.717, 1.165) is 19.4 Å². The van der Waals surface area contributed by atoms with Crippen LogP contribution in [0.25, 0.3) is 0 Å². The number of rotatable bonds is 14. The molecule has 0 heterocycles. The molecule has 2 rings (SSSR count). The fourth-order valence-electron chi connectivity index (χ4n) is 5.06. The molecule has 0 spiro atoms. The van der Waals surface area contributed by atoms with E-state index in [2.05, 4.69) is 17.0 Å². The standard InChI is InChI=1S/C22H39NO3/c1-3-4-5-6-7-10-15-23-22-18-14-13-17(16-18)21(22)19(24)11-8-9-12-20(25)26-2/h17-18,21-23H,3-16H2,1-2H3/t17-,18+,21+,22-/m0/s1. The number of carbonyl (C=O) groups is 2. The SMILES string of the molecule is CCCCCCCCN[C@H]1[C@@H]2CC[C@@H](C2)[C@@H]1C(=O)CCCCC(=O)OC. The molecule has 2 aliphatic rings. The van der Waals surface area contributed by atoms with Crippen molar-refractivity contribution < 1.29 is 14.3 Å². The minimum Gasteiger partial charge on any atom is -0.469 e. The number of fused-ring (bicyclic) bond motifs is 2. The lowest BCUT2D eigenvalue weighted by atomic mass is 9.80. The van der Waals surface area contributed by atoms with Gasteiger partial charge in [-0.05, 0) is 56.9 Å². The number of nitrogens with one attached hydrogen (secondary N) is 1. The molecule has 150 valence electrons. The first-order valence-electron chi connectivity index (χ1n) is 11.0. The Labute approximate surface area is 159 Å². The predicted molar refractivity (Wildman–Crippen MR) is 105 cm³/mol. The third-order valence-corrected chi connectivity index (χ3v) is 6.48. The van der Waals surface area contributed by atoms with Crippen molar-refractivity contribution in [3.63, 3.8) is 0 Å². The Morgan fingerprint density at radius 1 is 0.923 bits per heavy atom. The number of Topliss-reactive ketones (excluding diaryl/α,β-unsaturated/α-hetero) is 1. The molecule has 0 aromatic rings. The van der Waals surface area contributed by atoms with E-state index in [1.54, 1.807) is 0 Å². The number of esters is 1. The maximum absolute atomic E-state index is 12.8. The second kappa shape index (κ2) is 11.7. The third-order valence-electron chi connectivity index (χ3n) is 6.48. The van der Waals surface area contributed by atoms with Crippen molar-refractivity contribution in [3.05, 3.63) is 0 Å². The first kappa shape index (κ1) is 21.4. The molecule has 2 saturated carbocycles. The van der Waals surface area contributed by atoms with Crippen LogP contribution in [0.3, 0.4) is 0 Å². The Morgan fingerprint density at radius 2 is 1.62 bits per heavy atom. The Bertz CT molecular complexity index is 437. The Balaban J connectivity index is 1.68. The minimum absolute atomic E-state index is 0.171. The quantitative estimate of drug-likeness (QED) is 0.359. The van der Waals surface area contributed by atoms with Crippen LogP contribution in [0.4, 0.5) is 0 Å². The van der Waals surface area contributed by atoms with Crippen LogP contribution < -0.4 is 5.32 Å². The van der Waals surface area contributed by atoms with Gasteiger partial charge in [-0.2, -0.15) is 0 Å². The van der Waals surface area contributed by atoms with Gasteiger partial charge >= 0.3 is 5.97 Å². The predicted octanol–water partition coefficient (Wildman–Crippen LogP) is 4.65. The normalized spacial score (nSPS) is 27.0. The van der Waals surface area contributed by atoms with Gasteiger partial charge in [-0.15, -0.1) is 0 Å². The molecule has 26 heavy (non-hydrogen) atoms. The van der Waals surface area contributed by atoms with E-state index in [1.165, 1.54) is 64.9 Å². The summed E-state index contributed by atoms with van der Waals surface area (Å²) in [5, 5.41) is 3.76. The molecule has 0 aromatic heterocycles. The summed E-state index contributed by atoms with van der Waals surface area (Å²) in [6.07, 6.45) is 14.3. The molecule has 4 atom stereocenters. The largest absolute Gasteiger partial charge is 0.469 e. The van der Waals surface area contributed by atoms with Crippen molar-refractivity contribution >= 4 is 11.8 Å². The van der Waals surface area contributed by atoms with Crippen molar-refractivity contribution in [2.45, 2.75) is 96.4 Å². The molecule has 0 aliphatic heterocycles. The molecule has 2 bridgehead atoms. The summed E-state index contributed by atoms with van der Waals surface area (Å²) in [4.78, 5) is 24.0. The zero-order valence-electron chi connectivity index (χ0n) is 16.9. The molecule has 0 aromatic carbocycles. The first-order valence-corrected chi connectivity index (χ1v) is 11.0. The van der Waals surface area contributed by atoms with Crippen molar-refractivity contribution in [2.75, 3.05) is 13.7 Å². The van der Waals surface area contributed by atoms with Gasteiger partial charge in [0.2, 0.25) is 0 Å². The van der Waals surface area contributed by atoms with Gasteiger partial charge in [0, 0.05) is 24.8 Å². The van der Waals surface area contributed by atoms with Gasteiger partial charge in [0.25, 0.3) is 0 Å². The van der Waals surface area contributed by atoms with E-state index < -0.39 is 0 Å². The average molecular weight is 366 g/mol. The van der Waals surface area contributed by atoms with E-state index in [0.29, 0.717) is 36.5 Å². The molecular weight excluding hydrogens is 326 g/mol. The number of hydrogen-bond acceptors (Lipinski definition) is 4. The van der Waals surface area contributed by atoms with E-state index in [-0.39, 0.29) is 11.9 Å². The van der Waals surface area contributed by atoms with E-state index in [9.17, 15) is 9.59 Å². The number of hydrogen-bond donors (Lipinski definition) is 1. The number of ketones is 1. The number of unbranched alkanes of at least 4 members (excludes halogenated alkanes) is 6. The van der Waals surface area contributed by atoms with E-state index in [4.69, 9.17) is 0 Å². The smallest absolute Gasteiger partial charge is 0.305 e. The van der Waals surface area contributed by atoms with Gasteiger partial charge in [0.1, 0.15) is 5.78 Å². The highest BCUT2D eigenvalue weighted by Crippen LogP contribution is 2.49. The van der Waals surface area contributed by atoms with Crippen LogP contribution in [0.5, 0.6) is 0 Å². The summed E-state index contributed by atoms with van der Waals surface area (Å²) in [6.45, 7) is 3.31. The maximum atomic E-state index is 12.8. The highest BCUT2D eigenvalue weighted by atomic mass is 16.5. The summed E-state index contributed by atoms with van der Waals surface area (Å²) < 4.78 is 4.67. The van der Waals surface area contributed by atoms with Crippen LogP contribution in [0, 0.1) is 17.8 Å². The lowest BCUT2D eigenvalue weighted by Gasteiger charge is -2.31. The van der Waals surface area contributed by atoms with Crippen LogP contribution in [-0.2, 0) is 14.3 Å². The average Bonchev–Trinajstić information content (AvgIpc) is 3.25. The molecule has 0 unspecified atom stereocenters. The van der Waals surface area contributed by atoms with Crippen molar-refractivity contribution in [1.29, 1.82) is 0 Å². The summed E-state index contributed by atoms with van der Waals surface area (Å²) in [5.74, 6) is 1.81. The summed E-state index contributed by atoms with van der Waals surface area (Å²) >= 11 is 0. The summed E-state index contributed by atoms with van der Waals surface area (Å²) in [6, 6.07) is 0.414. The molecule has 2 fully saturated rings. The van der Waals surface area contributed by atoms with Crippen molar-refractivity contribution in [3.8, 4) is 0 Å². The number of methoxy groups -OCH3 is 1. The summed E-state index contributed by atoms with van der Waals surface area (Å²) in [7, 11) is 1.42. The molecule has 2 aliphatic carbocycles. The highest BCUT2D eigenvalue weighted by Gasteiger charge is 2.49. The molecule has 0 radical (unpaired) electrons. The van der Waals surface area contributed by atoms with E-state index >= 15 is 0 Å². The minimum atomic E-state index is -0.171. The van der Waals surface area contributed by atoms with Crippen molar-refractivity contribution in [2.24, 2.45) is 17.8 Å². The Kier molecular flexibility index (Phi) is 9.66. The number of carbonyl (C=O) groups excluding carboxylic acids is 2. The van der Waals surface area contributed by atoms with Gasteiger partial charge in [-0.3, -0.25) is 9.59 Å². The topological polar surface area (TPSA) is 55.4 Å². The monoisotopic (exact) mass is 365 g/mol. The Morgan fingerprint density at radius 3 is 2.38 bits per heavy atom. The molecule has 4 heteroatoms. The Hall–Kier alpha value is -0.900. The third kappa shape index (κ3) is 6.37. The van der Waals surface area contributed by atoms with Crippen LogP contribution in [0.15, 0.2) is 0 Å². The van der Waals surface area contributed by atoms with E-state index in [1.807, 2.05) is 0 Å². The zero-order valence-corrected chi connectivity index (χ0v) is 16.9. The van der Waals surface area contributed by atoms with Gasteiger partial charge in [0.05, 0.1) is 7.11 Å². The molecular formula is C22H39NO3. The fourth-order valence-corrected chi connectivity index (χ4v) is 5.06. The molecule has 4 nitrogen and oxygen atoms in total. The number of ether oxygens (including phenoxy) is 1. The molecule has 0 saturated heterocycles. The second-order valence-electron chi connectivity index (χ2n) is 8.36. The van der Waals surface area contributed by atoms with Gasteiger partial charge < -0.3 is 10.1 Å². The van der Waals surface area contributed by atoms with Gasteiger partial charge in [-0.1, -0.05) is 39.0 Å². The van der Waals surface area contributed by atoms with Crippen LogP contribution in [0.1, 0.15) is 90.4 Å². The lowest BCUT2D eigenvalue weighted by Crippen LogP contribution is -2.44. The van der Waals surface area contributed by atoms with Crippen LogP contribution >= 0.6 is 0 Å². The first-order chi connectivity index (χ1) is 12.7. The highest BCUT2D eigenvalue weighted by molar-refractivity contribution is 5.82. The van der Waals surface area contributed by atoms with Crippen LogP contribution in [0.2, 0.25) is 0 Å².